The Morgan fingerprint density at radius 1 is 1.21 bits per heavy atom. The maximum Gasteiger partial charge on any atom is 0.145 e. The molecule has 1 heterocycles. The number of hydrogen-bond donors (Lipinski definition) is 1. The van der Waals surface area contributed by atoms with Crippen molar-refractivity contribution in [1.82, 2.24) is 15.6 Å². The van der Waals surface area contributed by atoms with Crippen molar-refractivity contribution in [3.05, 3.63) is 23.0 Å². The monoisotopic (exact) mass is 335 g/mol. The van der Waals surface area contributed by atoms with E-state index in [9.17, 15) is 4.79 Å². The molecule has 136 valence electrons. The maximum atomic E-state index is 10.3. The van der Waals surface area contributed by atoms with Gasteiger partial charge in [-0.15, -0.1) is 0 Å². The molecule has 1 N–H and O–H groups in total. The van der Waals surface area contributed by atoms with Gasteiger partial charge in [-0.2, -0.15) is 0 Å². The molecule has 0 aliphatic carbocycles. The standard InChI is InChI=1S/C10H23N.C9H10N2O2/c1-5-7-9(3)10(11-4)8-6-2;1-3-4-8-9(11-13-10-8)5-7(2)6-12/h9-11H,5-8H2,1-4H3;3-6H,1-2H3/b;4-3-,7-5+. The zero-order valence-corrected chi connectivity index (χ0v) is 16.0. The van der Waals surface area contributed by atoms with E-state index in [1.165, 1.54) is 25.7 Å². The largest absolute Gasteiger partial charge is 0.317 e. The molecule has 0 spiro atoms. The summed E-state index contributed by atoms with van der Waals surface area (Å²) in [6.07, 6.45) is 11.2. The Morgan fingerprint density at radius 3 is 2.33 bits per heavy atom. The molecule has 5 nitrogen and oxygen atoms in total. The summed E-state index contributed by atoms with van der Waals surface area (Å²) >= 11 is 0. The van der Waals surface area contributed by atoms with Crippen LogP contribution in [0.3, 0.4) is 0 Å². The van der Waals surface area contributed by atoms with Crippen molar-refractivity contribution in [1.29, 1.82) is 0 Å². The summed E-state index contributed by atoms with van der Waals surface area (Å²) in [5.41, 5.74) is 1.79. The van der Waals surface area contributed by atoms with Gasteiger partial charge in [0.25, 0.3) is 0 Å². The molecule has 0 amide bonds. The predicted molar refractivity (Wildman–Crippen MR) is 101 cm³/mol. The number of aldehydes is 1. The van der Waals surface area contributed by atoms with Gasteiger partial charge in [-0.1, -0.05) is 39.7 Å². The fourth-order valence-corrected chi connectivity index (χ4v) is 2.51. The molecular formula is C19H33N3O2. The van der Waals surface area contributed by atoms with Gasteiger partial charge in [0, 0.05) is 6.04 Å². The number of carbonyl (C=O) groups excluding carboxylic acids is 1. The molecule has 1 rings (SSSR count). The summed E-state index contributed by atoms with van der Waals surface area (Å²) in [5.74, 6) is 0.838. The predicted octanol–water partition coefficient (Wildman–Crippen LogP) is 4.52. The van der Waals surface area contributed by atoms with Crippen LogP contribution in [0.25, 0.3) is 12.2 Å². The van der Waals surface area contributed by atoms with Gasteiger partial charge in [-0.05, 0) is 67.7 Å². The molecule has 0 fully saturated rings. The lowest BCUT2D eigenvalue weighted by Gasteiger charge is -2.22. The molecule has 0 saturated heterocycles. The first-order valence-electron chi connectivity index (χ1n) is 8.79. The highest BCUT2D eigenvalue weighted by molar-refractivity contribution is 5.81. The zero-order chi connectivity index (χ0) is 18.4. The van der Waals surface area contributed by atoms with Crippen molar-refractivity contribution in [3.8, 4) is 0 Å². The first-order chi connectivity index (χ1) is 11.5. The lowest BCUT2D eigenvalue weighted by atomic mass is 9.94. The summed E-state index contributed by atoms with van der Waals surface area (Å²) in [5, 5.41) is 10.7. The van der Waals surface area contributed by atoms with Crippen LogP contribution >= 0.6 is 0 Å². The topological polar surface area (TPSA) is 68.0 Å². The van der Waals surface area contributed by atoms with Crippen LogP contribution in [0.4, 0.5) is 0 Å². The molecule has 0 aliphatic heterocycles. The highest BCUT2D eigenvalue weighted by Crippen LogP contribution is 2.14. The van der Waals surface area contributed by atoms with E-state index in [1.54, 1.807) is 19.1 Å². The van der Waals surface area contributed by atoms with E-state index in [0.29, 0.717) is 17.0 Å². The number of nitrogens with zero attached hydrogens (tertiary/aromatic N) is 2. The Balaban J connectivity index is 0.000000449. The van der Waals surface area contributed by atoms with Crippen LogP contribution in [0.5, 0.6) is 0 Å². The van der Waals surface area contributed by atoms with Crippen molar-refractivity contribution in [2.24, 2.45) is 5.92 Å². The first-order valence-corrected chi connectivity index (χ1v) is 8.79. The summed E-state index contributed by atoms with van der Waals surface area (Å²) in [7, 11) is 2.08. The second-order valence-corrected chi connectivity index (χ2v) is 5.99. The molecule has 0 aromatic carbocycles. The van der Waals surface area contributed by atoms with Gasteiger partial charge in [0.15, 0.2) is 0 Å². The summed E-state index contributed by atoms with van der Waals surface area (Å²) in [6, 6.07) is 0.736. The van der Waals surface area contributed by atoms with Crippen LogP contribution < -0.4 is 5.32 Å². The van der Waals surface area contributed by atoms with Crippen LogP contribution in [0, 0.1) is 5.92 Å². The molecule has 2 unspecified atom stereocenters. The molecule has 24 heavy (non-hydrogen) atoms. The lowest BCUT2D eigenvalue weighted by Crippen LogP contribution is -2.31. The fourth-order valence-electron chi connectivity index (χ4n) is 2.51. The number of nitrogens with one attached hydrogen (secondary N) is 1. The Hall–Kier alpha value is -1.75. The minimum absolute atomic E-state index is 0.572. The molecule has 0 radical (unpaired) electrons. The average molecular weight is 335 g/mol. The van der Waals surface area contributed by atoms with Crippen LogP contribution in [-0.2, 0) is 4.79 Å². The highest BCUT2D eigenvalue weighted by atomic mass is 16.6. The van der Waals surface area contributed by atoms with Crippen LogP contribution in [-0.4, -0.2) is 29.7 Å². The molecule has 5 heteroatoms. The number of rotatable bonds is 9. The molecule has 2 atom stereocenters. The van der Waals surface area contributed by atoms with E-state index in [0.717, 1.165) is 18.2 Å². The third kappa shape index (κ3) is 8.77. The van der Waals surface area contributed by atoms with E-state index in [4.69, 9.17) is 0 Å². The van der Waals surface area contributed by atoms with E-state index in [2.05, 4.69) is 48.1 Å². The highest BCUT2D eigenvalue weighted by Gasteiger charge is 2.12. The van der Waals surface area contributed by atoms with Crippen molar-refractivity contribution in [3.63, 3.8) is 0 Å². The second-order valence-electron chi connectivity index (χ2n) is 5.99. The van der Waals surface area contributed by atoms with Crippen LogP contribution in [0.1, 0.15) is 71.7 Å². The van der Waals surface area contributed by atoms with Gasteiger partial charge in [0.2, 0.25) is 0 Å². The van der Waals surface area contributed by atoms with Gasteiger partial charge in [0.05, 0.1) is 0 Å². The van der Waals surface area contributed by atoms with E-state index < -0.39 is 0 Å². The Kier molecular flexibility index (Phi) is 12.7. The summed E-state index contributed by atoms with van der Waals surface area (Å²) in [4.78, 5) is 10.3. The Morgan fingerprint density at radius 2 is 1.83 bits per heavy atom. The van der Waals surface area contributed by atoms with Crippen molar-refractivity contribution < 1.29 is 9.42 Å². The van der Waals surface area contributed by atoms with Gasteiger partial charge in [-0.3, -0.25) is 4.79 Å². The Labute approximate surface area is 146 Å². The normalized spacial score (nSPS) is 14.2. The maximum absolute atomic E-state index is 10.3. The minimum atomic E-state index is 0.572. The number of allylic oxidation sites excluding steroid dienone is 2. The quantitative estimate of drug-likeness (QED) is 0.531. The SMILES string of the molecule is C/C=C\c1nonc1/C=C(\C)C=O.CCCC(C)C(CCC)NC. The van der Waals surface area contributed by atoms with Crippen molar-refractivity contribution in [2.75, 3.05) is 7.05 Å². The zero-order valence-electron chi connectivity index (χ0n) is 16.0. The molecule has 0 saturated carbocycles. The van der Waals surface area contributed by atoms with Gasteiger partial charge in [0.1, 0.15) is 17.7 Å². The van der Waals surface area contributed by atoms with Crippen LogP contribution in [0.2, 0.25) is 0 Å². The molecule has 0 aliphatic rings. The summed E-state index contributed by atoms with van der Waals surface area (Å²) in [6.45, 7) is 10.4. The first kappa shape index (κ1) is 22.2. The number of carbonyl (C=O) groups is 1. The summed E-state index contributed by atoms with van der Waals surface area (Å²) < 4.78 is 4.53. The second kappa shape index (κ2) is 13.7. The lowest BCUT2D eigenvalue weighted by molar-refractivity contribution is -0.104. The van der Waals surface area contributed by atoms with Gasteiger partial charge in [-0.25, -0.2) is 4.63 Å². The number of aromatic nitrogens is 2. The van der Waals surface area contributed by atoms with Crippen LogP contribution in [0.15, 0.2) is 16.3 Å². The van der Waals surface area contributed by atoms with E-state index >= 15 is 0 Å². The molecule has 0 bridgehead atoms. The van der Waals surface area contributed by atoms with Crippen molar-refractivity contribution >= 4 is 18.4 Å². The molecule has 1 aromatic heterocycles. The minimum Gasteiger partial charge on any atom is -0.317 e. The number of hydrogen-bond acceptors (Lipinski definition) is 5. The average Bonchev–Trinajstić information content (AvgIpc) is 3.00. The van der Waals surface area contributed by atoms with Gasteiger partial charge < -0.3 is 5.32 Å². The van der Waals surface area contributed by atoms with Crippen molar-refractivity contribution in [2.45, 2.75) is 66.3 Å². The third-order valence-electron chi connectivity index (χ3n) is 3.82. The van der Waals surface area contributed by atoms with E-state index in [-0.39, 0.29) is 0 Å². The third-order valence-corrected chi connectivity index (χ3v) is 3.82. The smallest absolute Gasteiger partial charge is 0.145 e. The molecular weight excluding hydrogens is 302 g/mol. The van der Waals surface area contributed by atoms with E-state index in [1.807, 2.05) is 13.0 Å². The fraction of sp³-hybridized carbons (Fsp3) is 0.632. The Bertz CT molecular complexity index is 506. The molecule has 1 aromatic rings. The van der Waals surface area contributed by atoms with Gasteiger partial charge >= 0.3 is 0 Å².